The Morgan fingerprint density at radius 1 is 1.36 bits per heavy atom. The monoisotopic (exact) mass is 196 g/mol. The Morgan fingerprint density at radius 2 is 2.14 bits per heavy atom. The van der Waals surface area contributed by atoms with Crippen molar-refractivity contribution in [2.45, 2.75) is 26.4 Å². The molecule has 0 bridgehead atoms. The normalized spacial score (nSPS) is 10.4. The summed E-state index contributed by atoms with van der Waals surface area (Å²) in [6, 6.07) is 5.46. The Balaban J connectivity index is 2.72. The second-order valence-corrected chi connectivity index (χ2v) is 3.14. The molecule has 0 heterocycles. The van der Waals surface area contributed by atoms with E-state index in [1.165, 1.54) is 7.11 Å². The fraction of sp³-hybridized carbons (Fsp3) is 0.455. The van der Waals surface area contributed by atoms with E-state index in [1.54, 1.807) is 6.07 Å². The van der Waals surface area contributed by atoms with Crippen LogP contribution in [0.4, 0.5) is 0 Å². The molecule has 1 N–H and O–H groups in total. The molecule has 0 atom stereocenters. The molecule has 3 heteroatoms. The Bertz CT molecular complexity index is 284. The van der Waals surface area contributed by atoms with E-state index >= 15 is 0 Å². The van der Waals surface area contributed by atoms with E-state index < -0.39 is 0 Å². The van der Waals surface area contributed by atoms with Crippen LogP contribution in [0.5, 0.6) is 5.75 Å². The van der Waals surface area contributed by atoms with Gasteiger partial charge in [0.15, 0.2) is 0 Å². The van der Waals surface area contributed by atoms with E-state index in [4.69, 9.17) is 4.89 Å². The van der Waals surface area contributed by atoms with Crippen molar-refractivity contribution in [1.82, 2.24) is 0 Å². The molecule has 0 fully saturated rings. The average Bonchev–Trinajstić information content (AvgIpc) is 2.19. The summed E-state index contributed by atoms with van der Waals surface area (Å²) >= 11 is 0. The van der Waals surface area contributed by atoms with Crippen LogP contribution in [-0.4, -0.2) is 12.2 Å². The van der Waals surface area contributed by atoms with Crippen molar-refractivity contribution in [2.75, 3.05) is 7.11 Å². The van der Waals surface area contributed by atoms with E-state index in [9.17, 15) is 5.11 Å². The molecule has 0 radical (unpaired) electrons. The van der Waals surface area contributed by atoms with E-state index in [0.717, 1.165) is 24.0 Å². The predicted octanol–water partition coefficient (Wildman–Crippen LogP) is 2.42. The average molecular weight is 196 g/mol. The molecule has 1 rings (SSSR count). The van der Waals surface area contributed by atoms with E-state index in [1.807, 2.05) is 12.1 Å². The highest BCUT2D eigenvalue weighted by molar-refractivity contribution is 5.35. The molecule has 1 aromatic rings. The predicted molar refractivity (Wildman–Crippen MR) is 53.9 cm³/mol. The van der Waals surface area contributed by atoms with Gasteiger partial charge in [0.05, 0.1) is 7.11 Å². The van der Waals surface area contributed by atoms with Crippen LogP contribution in [0.15, 0.2) is 18.2 Å². The van der Waals surface area contributed by atoms with Crippen molar-refractivity contribution in [3.05, 3.63) is 29.3 Å². The maximum absolute atomic E-state index is 9.52. The number of aryl methyl sites for hydroxylation is 1. The largest absolute Gasteiger partial charge is 0.508 e. The number of aromatic hydroxyl groups is 1. The Kier molecular flexibility index (Phi) is 4.43. The topological polar surface area (TPSA) is 38.7 Å². The van der Waals surface area contributed by atoms with E-state index in [-0.39, 0.29) is 0 Å². The number of hydrogen-bond donors (Lipinski definition) is 1. The summed E-state index contributed by atoms with van der Waals surface area (Å²) in [6.45, 7) is 2.49. The molecule has 0 amide bonds. The molecule has 0 aliphatic heterocycles. The first kappa shape index (κ1) is 11.0. The van der Waals surface area contributed by atoms with E-state index in [0.29, 0.717) is 12.4 Å². The summed E-state index contributed by atoms with van der Waals surface area (Å²) in [5.41, 5.74) is 1.97. The molecule has 14 heavy (non-hydrogen) atoms. The van der Waals surface area contributed by atoms with Gasteiger partial charge in [0, 0.05) is 0 Å². The lowest BCUT2D eigenvalue weighted by molar-refractivity contribution is -0.282. The van der Waals surface area contributed by atoms with Crippen LogP contribution in [0.2, 0.25) is 0 Å². The van der Waals surface area contributed by atoms with Crippen LogP contribution >= 0.6 is 0 Å². The molecule has 0 aliphatic rings. The summed E-state index contributed by atoms with van der Waals surface area (Å²) in [5, 5.41) is 9.52. The molecule has 0 saturated carbocycles. The molecule has 3 nitrogen and oxygen atoms in total. The molecular weight excluding hydrogens is 180 g/mol. The third kappa shape index (κ3) is 3.01. The molecule has 0 aliphatic carbocycles. The molecular formula is C11H16O3. The van der Waals surface area contributed by atoms with Crippen LogP contribution in [0, 0.1) is 0 Å². The van der Waals surface area contributed by atoms with Gasteiger partial charge in [0.25, 0.3) is 0 Å². The van der Waals surface area contributed by atoms with Gasteiger partial charge in [0.1, 0.15) is 12.4 Å². The third-order valence-corrected chi connectivity index (χ3v) is 2.01. The molecule has 78 valence electrons. The number of phenolic OH excluding ortho intramolecular Hbond substituents is 1. The summed E-state index contributed by atoms with van der Waals surface area (Å²) < 4.78 is 0. The molecule has 1 aromatic carbocycles. The van der Waals surface area contributed by atoms with Gasteiger partial charge in [-0.1, -0.05) is 19.4 Å². The van der Waals surface area contributed by atoms with Crippen LogP contribution in [0.3, 0.4) is 0 Å². The van der Waals surface area contributed by atoms with Gasteiger partial charge in [-0.25, -0.2) is 9.78 Å². The maximum atomic E-state index is 9.52. The summed E-state index contributed by atoms with van der Waals surface area (Å²) in [5.74, 6) is 0.355. The highest BCUT2D eigenvalue weighted by atomic mass is 17.2. The quantitative estimate of drug-likeness (QED) is 0.580. The minimum Gasteiger partial charge on any atom is -0.508 e. The Labute approximate surface area is 84.2 Å². The first-order valence-electron chi connectivity index (χ1n) is 4.74. The molecule has 0 unspecified atom stereocenters. The smallest absolute Gasteiger partial charge is 0.118 e. The zero-order chi connectivity index (χ0) is 10.4. The SMILES string of the molecule is CCCc1cc(COOC)ccc1O. The van der Waals surface area contributed by atoms with Gasteiger partial charge >= 0.3 is 0 Å². The standard InChI is InChI=1S/C11H16O3/c1-3-4-10-7-9(8-14-13-2)5-6-11(10)12/h5-7,12H,3-4,8H2,1-2H3. The van der Waals surface area contributed by atoms with Gasteiger partial charge in [-0.15, -0.1) is 0 Å². The van der Waals surface area contributed by atoms with Crippen LogP contribution in [0.1, 0.15) is 24.5 Å². The fourth-order valence-corrected chi connectivity index (χ4v) is 1.33. The number of hydrogen-bond acceptors (Lipinski definition) is 3. The minimum atomic E-state index is 0.355. The highest BCUT2D eigenvalue weighted by Crippen LogP contribution is 2.20. The van der Waals surface area contributed by atoms with Crippen LogP contribution < -0.4 is 0 Å². The van der Waals surface area contributed by atoms with E-state index in [2.05, 4.69) is 11.8 Å². The van der Waals surface area contributed by atoms with Crippen molar-refractivity contribution in [1.29, 1.82) is 0 Å². The first-order valence-corrected chi connectivity index (χ1v) is 4.74. The highest BCUT2D eigenvalue weighted by Gasteiger charge is 2.02. The number of phenols is 1. The van der Waals surface area contributed by atoms with Crippen LogP contribution in [0.25, 0.3) is 0 Å². The maximum Gasteiger partial charge on any atom is 0.118 e. The summed E-state index contributed by atoms with van der Waals surface area (Å²) in [4.78, 5) is 9.32. The van der Waals surface area contributed by atoms with Gasteiger partial charge in [-0.3, -0.25) is 0 Å². The number of benzene rings is 1. The zero-order valence-corrected chi connectivity index (χ0v) is 8.62. The van der Waals surface area contributed by atoms with Crippen molar-refractivity contribution in [3.8, 4) is 5.75 Å². The lowest BCUT2D eigenvalue weighted by atomic mass is 10.1. The zero-order valence-electron chi connectivity index (χ0n) is 8.62. The fourth-order valence-electron chi connectivity index (χ4n) is 1.33. The van der Waals surface area contributed by atoms with Crippen molar-refractivity contribution < 1.29 is 14.9 Å². The molecule has 0 aromatic heterocycles. The van der Waals surface area contributed by atoms with Crippen molar-refractivity contribution in [3.63, 3.8) is 0 Å². The lowest BCUT2D eigenvalue weighted by Crippen LogP contribution is -1.93. The molecule has 0 saturated heterocycles. The second-order valence-electron chi connectivity index (χ2n) is 3.14. The summed E-state index contributed by atoms with van der Waals surface area (Å²) in [7, 11) is 1.48. The third-order valence-electron chi connectivity index (χ3n) is 2.01. The van der Waals surface area contributed by atoms with Gasteiger partial charge < -0.3 is 5.11 Å². The van der Waals surface area contributed by atoms with Gasteiger partial charge in [0.2, 0.25) is 0 Å². The molecule has 0 spiro atoms. The van der Waals surface area contributed by atoms with Crippen molar-refractivity contribution >= 4 is 0 Å². The minimum absolute atomic E-state index is 0.355. The van der Waals surface area contributed by atoms with Gasteiger partial charge in [-0.05, 0) is 29.7 Å². The number of rotatable bonds is 5. The lowest BCUT2D eigenvalue weighted by Gasteiger charge is -2.06. The van der Waals surface area contributed by atoms with Crippen LogP contribution in [-0.2, 0) is 22.8 Å². The Morgan fingerprint density at radius 3 is 2.79 bits per heavy atom. The second kappa shape index (κ2) is 5.62. The Hall–Kier alpha value is -1.06. The van der Waals surface area contributed by atoms with Crippen molar-refractivity contribution in [2.24, 2.45) is 0 Å². The van der Waals surface area contributed by atoms with Gasteiger partial charge in [-0.2, -0.15) is 0 Å². The summed E-state index contributed by atoms with van der Waals surface area (Å²) in [6.07, 6.45) is 1.90. The first-order chi connectivity index (χ1) is 6.77.